The van der Waals surface area contributed by atoms with Crippen molar-refractivity contribution in [3.8, 4) is 12.1 Å². The van der Waals surface area contributed by atoms with E-state index in [0.717, 1.165) is 16.7 Å². The SMILES string of the molecule is CC1=C(C)C1=C(C#N)C#N. The molecule has 0 aliphatic heterocycles. The van der Waals surface area contributed by atoms with Crippen LogP contribution in [-0.2, 0) is 0 Å². The summed E-state index contributed by atoms with van der Waals surface area (Å²) in [6, 6.07) is 3.70. The summed E-state index contributed by atoms with van der Waals surface area (Å²) in [5.41, 5.74) is 3.30. The third-order valence-corrected chi connectivity index (χ3v) is 1.72. The maximum Gasteiger partial charge on any atom is 0.137 e. The van der Waals surface area contributed by atoms with Crippen molar-refractivity contribution < 1.29 is 0 Å². The predicted molar refractivity (Wildman–Crippen MR) is 36.6 cm³/mol. The van der Waals surface area contributed by atoms with Crippen molar-refractivity contribution in [1.82, 2.24) is 0 Å². The zero-order valence-corrected chi connectivity index (χ0v) is 5.89. The van der Waals surface area contributed by atoms with Gasteiger partial charge in [-0.1, -0.05) is 0 Å². The van der Waals surface area contributed by atoms with Gasteiger partial charge in [0.25, 0.3) is 0 Å². The van der Waals surface area contributed by atoms with Gasteiger partial charge in [0.1, 0.15) is 17.7 Å². The van der Waals surface area contributed by atoms with E-state index in [0.29, 0.717) is 0 Å². The number of rotatable bonds is 0. The average Bonchev–Trinajstić information content (AvgIpc) is 2.49. The molecule has 0 saturated carbocycles. The third kappa shape index (κ3) is 0.711. The molecule has 1 aliphatic carbocycles. The van der Waals surface area contributed by atoms with E-state index in [2.05, 4.69) is 0 Å². The van der Waals surface area contributed by atoms with E-state index in [9.17, 15) is 0 Å². The largest absolute Gasteiger partial charge is 0.192 e. The maximum absolute atomic E-state index is 8.41. The van der Waals surface area contributed by atoms with Gasteiger partial charge in [-0.25, -0.2) is 0 Å². The van der Waals surface area contributed by atoms with Crippen LogP contribution in [0.15, 0.2) is 22.3 Å². The van der Waals surface area contributed by atoms with Gasteiger partial charge in [0.2, 0.25) is 0 Å². The average molecular weight is 130 g/mol. The minimum atomic E-state index is 0.245. The highest BCUT2D eigenvalue weighted by Crippen LogP contribution is 2.39. The van der Waals surface area contributed by atoms with Crippen LogP contribution in [0.1, 0.15) is 13.8 Å². The normalized spacial score (nSPS) is 14.2. The number of allylic oxidation sites excluding steroid dienone is 4. The van der Waals surface area contributed by atoms with Crippen LogP contribution in [-0.4, -0.2) is 0 Å². The minimum Gasteiger partial charge on any atom is -0.192 e. The van der Waals surface area contributed by atoms with Gasteiger partial charge in [-0.05, 0) is 25.0 Å². The van der Waals surface area contributed by atoms with Gasteiger partial charge in [0.15, 0.2) is 0 Å². The molecular formula is C8H6N2. The van der Waals surface area contributed by atoms with E-state index < -0.39 is 0 Å². The molecule has 0 unspecified atom stereocenters. The standard InChI is InChI=1S/C8H6N2/c1-5-6(2)8(5)7(3-9)4-10/h1-2H3. The molecule has 2 heteroatoms. The molecule has 0 heterocycles. The van der Waals surface area contributed by atoms with Crippen LogP contribution >= 0.6 is 0 Å². The van der Waals surface area contributed by atoms with Crippen LogP contribution in [0.3, 0.4) is 0 Å². The monoisotopic (exact) mass is 130 g/mol. The second kappa shape index (κ2) is 2.01. The fourth-order valence-electron chi connectivity index (χ4n) is 0.918. The van der Waals surface area contributed by atoms with Gasteiger partial charge in [-0.3, -0.25) is 0 Å². The van der Waals surface area contributed by atoms with Gasteiger partial charge in [0, 0.05) is 5.57 Å². The summed E-state index contributed by atoms with van der Waals surface area (Å²) in [7, 11) is 0. The Bertz CT molecular complexity index is 288. The highest BCUT2D eigenvalue weighted by Gasteiger charge is 2.24. The molecule has 0 fully saturated rings. The lowest BCUT2D eigenvalue weighted by Gasteiger charge is -1.77. The highest BCUT2D eigenvalue weighted by atomic mass is 14.3. The second-order valence-corrected chi connectivity index (χ2v) is 2.22. The molecule has 0 N–H and O–H groups in total. The first-order chi connectivity index (χ1) is 4.72. The molecule has 0 radical (unpaired) electrons. The van der Waals surface area contributed by atoms with E-state index in [1.807, 2.05) is 26.0 Å². The van der Waals surface area contributed by atoms with E-state index in [-0.39, 0.29) is 5.57 Å². The lowest BCUT2D eigenvalue weighted by molar-refractivity contribution is 1.44. The van der Waals surface area contributed by atoms with Crippen molar-refractivity contribution in [2.24, 2.45) is 0 Å². The molecule has 0 amide bonds. The number of nitriles is 2. The Labute approximate surface area is 59.7 Å². The van der Waals surface area contributed by atoms with Crippen LogP contribution in [0, 0.1) is 22.7 Å². The van der Waals surface area contributed by atoms with Crippen LogP contribution in [0.25, 0.3) is 0 Å². The molecule has 1 rings (SSSR count). The first-order valence-corrected chi connectivity index (χ1v) is 2.95. The summed E-state index contributed by atoms with van der Waals surface area (Å²) in [5, 5.41) is 16.8. The first-order valence-electron chi connectivity index (χ1n) is 2.95. The van der Waals surface area contributed by atoms with Gasteiger partial charge in [-0.2, -0.15) is 10.5 Å². The number of nitrogens with zero attached hydrogens (tertiary/aromatic N) is 2. The van der Waals surface area contributed by atoms with E-state index >= 15 is 0 Å². The summed E-state index contributed by atoms with van der Waals surface area (Å²) in [4.78, 5) is 0. The van der Waals surface area contributed by atoms with Crippen LogP contribution in [0.5, 0.6) is 0 Å². The van der Waals surface area contributed by atoms with Crippen LogP contribution in [0.2, 0.25) is 0 Å². The molecule has 0 saturated heterocycles. The van der Waals surface area contributed by atoms with Crippen LogP contribution < -0.4 is 0 Å². The van der Waals surface area contributed by atoms with Crippen molar-refractivity contribution in [3.63, 3.8) is 0 Å². The first kappa shape index (κ1) is 6.58. The van der Waals surface area contributed by atoms with Gasteiger partial charge in [-0.15, -0.1) is 0 Å². The Morgan fingerprint density at radius 2 is 1.50 bits per heavy atom. The van der Waals surface area contributed by atoms with Gasteiger partial charge < -0.3 is 0 Å². The van der Waals surface area contributed by atoms with Crippen molar-refractivity contribution in [2.45, 2.75) is 13.8 Å². The molecular weight excluding hydrogens is 124 g/mol. The van der Waals surface area contributed by atoms with E-state index in [1.165, 1.54) is 0 Å². The highest BCUT2D eigenvalue weighted by molar-refractivity contribution is 5.71. The topological polar surface area (TPSA) is 47.6 Å². The molecule has 0 bridgehead atoms. The Balaban J connectivity index is 3.00. The summed E-state index contributed by atoms with van der Waals surface area (Å²) in [6.07, 6.45) is 0. The molecule has 48 valence electrons. The zero-order valence-electron chi connectivity index (χ0n) is 5.89. The smallest absolute Gasteiger partial charge is 0.137 e. The molecule has 0 aromatic heterocycles. The molecule has 2 nitrogen and oxygen atoms in total. The quantitative estimate of drug-likeness (QED) is 0.468. The Morgan fingerprint density at radius 1 is 1.10 bits per heavy atom. The molecule has 0 atom stereocenters. The molecule has 10 heavy (non-hydrogen) atoms. The number of hydrogen-bond acceptors (Lipinski definition) is 2. The summed E-state index contributed by atoms with van der Waals surface area (Å²) in [6.45, 7) is 3.83. The van der Waals surface area contributed by atoms with Crippen LogP contribution in [0.4, 0.5) is 0 Å². The minimum absolute atomic E-state index is 0.245. The fraction of sp³-hybridized carbons (Fsp3) is 0.250. The molecule has 0 spiro atoms. The van der Waals surface area contributed by atoms with Crippen molar-refractivity contribution in [1.29, 1.82) is 10.5 Å². The molecule has 1 aliphatic rings. The second-order valence-electron chi connectivity index (χ2n) is 2.22. The van der Waals surface area contributed by atoms with E-state index in [4.69, 9.17) is 10.5 Å². The van der Waals surface area contributed by atoms with Gasteiger partial charge in [0.05, 0.1) is 0 Å². The lowest BCUT2D eigenvalue weighted by Crippen LogP contribution is -1.72. The summed E-state index contributed by atoms with van der Waals surface area (Å²) in [5.74, 6) is 0. The Kier molecular flexibility index (Phi) is 1.32. The van der Waals surface area contributed by atoms with Crippen molar-refractivity contribution in [3.05, 3.63) is 22.3 Å². The summed E-state index contributed by atoms with van der Waals surface area (Å²) >= 11 is 0. The zero-order chi connectivity index (χ0) is 7.72. The van der Waals surface area contributed by atoms with E-state index in [1.54, 1.807) is 0 Å². The van der Waals surface area contributed by atoms with Crippen molar-refractivity contribution in [2.75, 3.05) is 0 Å². The van der Waals surface area contributed by atoms with Crippen molar-refractivity contribution >= 4 is 0 Å². The molecule has 0 aromatic rings. The summed E-state index contributed by atoms with van der Waals surface area (Å²) < 4.78 is 0. The van der Waals surface area contributed by atoms with Gasteiger partial charge >= 0.3 is 0 Å². The fourth-order valence-corrected chi connectivity index (χ4v) is 0.918. The Morgan fingerprint density at radius 3 is 1.60 bits per heavy atom. The Hall–Kier alpha value is -1.54. The maximum atomic E-state index is 8.41. The predicted octanol–water partition coefficient (Wildman–Crippen LogP) is 1.68. The third-order valence-electron chi connectivity index (χ3n) is 1.72. The number of hydrogen-bond donors (Lipinski definition) is 0. The lowest BCUT2D eigenvalue weighted by atomic mass is 10.2. The molecule has 0 aromatic carbocycles.